The zero-order chi connectivity index (χ0) is 13.8. The molecule has 2 N–H and O–H groups in total. The summed E-state index contributed by atoms with van der Waals surface area (Å²) in [6, 6.07) is 8.59. The fraction of sp³-hybridized carbons (Fsp3) is 0.533. The van der Waals surface area contributed by atoms with E-state index in [1.165, 1.54) is 5.56 Å². The summed E-state index contributed by atoms with van der Waals surface area (Å²) >= 11 is 5.37. The lowest BCUT2D eigenvalue weighted by molar-refractivity contribution is 0.317. The zero-order valence-electron chi connectivity index (χ0n) is 12.0. The third-order valence-electron chi connectivity index (χ3n) is 3.29. The van der Waals surface area contributed by atoms with E-state index >= 15 is 0 Å². The van der Waals surface area contributed by atoms with Crippen LogP contribution in [-0.2, 0) is 6.42 Å². The van der Waals surface area contributed by atoms with Crippen LogP contribution in [0, 0.1) is 5.41 Å². The predicted octanol–water partition coefficient (Wildman–Crippen LogP) is 3.97. The molecule has 0 bridgehead atoms. The molecule has 0 heterocycles. The molecule has 0 aliphatic rings. The molecule has 3 heteroatoms. The van der Waals surface area contributed by atoms with Gasteiger partial charge in [0.25, 0.3) is 0 Å². The second-order valence-corrected chi connectivity index (χ2v) is 6.11. The van der Waals surface area contributed by atoms with Gasteiger partial charge in [-0.2, -0.15) is 0 Å². The third kappa shape index (κ3) is 4.30. The van der Waals surface area contributed by atoms with E-state index < -0.39 is 0 Å². The van der Waals surface area contributed by atoms with Gasteiger partial charge in [-0.15, -0.1) is 0 Å². The van der Waals surface area contributed by atoms with E-state index in [9.17, 15) is 0 Å². The Labute approximate surface area is 116 Å². The van der Waals surface area contributed by atoms with Crippen LogP contribution >= 0.6 is 12.2 Å². The van der Waals surface area contributed by atoms with Gasteiger partial charge in [0.15, 0.2) is 5.11 Å². The number of nitrogens with one attached hydrogen (secondary N) is 2. The van der Waals surface area contributed by atoms with E-state index in [2.05, 4.69) is 63.5 Å². The summed E-state index contributed by atoms with van der Waals surface area (Å²) in [6.45, 7) is 10.9. The normalized spacial score (nSPS) is 12.9. The number of rotatable bonds is 3. The summed E-state index contributed by atoms with van der Waals surface area (Å²) in [7, 11) is 0. The smallest absolute Gasteiger partial charge is 0.171 e. The first kappa shape index (κ1) is 15.0. The van der Waals surface area contributed by atoms with E-state index in [0.717, 1.165) is 12.1 Å². The van der Waals surface area contributed by atoms with Crippen LogP contribution in [0.25, 0.3) is 0 Å². The van der Waals surface area contributed by atoms with E-state index in [4.69, 9.17) is 12.2 Å². The molecule has 0 radical (unpaired) electrons. The van der Waals surface area contributed by atoms with Gasteiger partial charge in [-0.3, -0.25) is 0 Å². The van der Waals surface area contributed by atoms with Crippen molar-refractivity contribution in [3.8, 4) is 0 Å². The largest absolute Gasteiger partial charge is 0.359 e. The van der Waals surface area contributed by atoms with Crippen molar-refractivity contribution in [2.75, 3.05) is 5.32 Å². The molecule has 100 valence electrons. The monoisotopic (exact) mass is 264 g/mol. The van der Waals surface area contributed by atoms with E-state index in [1.807, 2.05) is 6.07 Å². The molecular formula is C15H24N2S. The van der Waals surface area contributed by atoms with E-state index in [0.29, 0.717) is 11.2 Å². The maximum absolute atomic E-state index is 5.37. The van der Waals surface area contributed by atoms with Crippen LogP contribution in [0.3, 0.4) is 0 Å². The third-order valence-corrected chi connectivity index (χ3v) is 3.51. The first-order valence-electron chi connectivity index (χ1n) is 6.50. The predicted molar refractivity (Wildman–Crippen MR) is 84.1 cm³/mol. The molecule has 0 aliphatic heterocycles. The topological polar surface area (TPSA) is 24.1 Å². The molecule has 0 fully saturated rings. The molecule has 1 atom stereocenters. The zero-order valence-corrected chi connectivity index (χ0v) is 12.8. The Kier molecular flexibility index (Phi) is 5.15. The second-order valence-electron chi connectivity index (χ2n) is 5.70. The maximum atomic E-state index is 5.37. The van der Waals surface area contributed by atoms with Gasteiger partial charge in [0.1, 0.15) is 0 Å². The summed E-state index contributed by atoms with van der Waals surface area (Å²) in [5.41, 5.74) is 2.57. The van der Waals surface area contributed by atoms with Crippen LogP contribution in [-0.4, -0.2) is 11.2 Å². The van der Waals surface area contributed by atoms with Crippen LogP contribution in [0.4, 0.5) is 5.69 Å². The lowest BCUT2D eigenvalue weighted by Gasteiger charge is -2.29. The Bertz CT molecular complexity index is 407. The minimum Gasteiger partial charge on any atom is -0.359 e. The van der Waals surface area contributed by atoms with Gasteiger partial charge >= 0.3 is 0 Å². The minimum absolute atomic E-state index is 0.190. The number of hydrogen-bond donors (Lipinski definition) is 2. The van der Waals surface area contributed by atoms with Crippen LogP contribution in [0.15, 0.2) is 24.3 Å². The number of benzene rings is 1. The summed E-state index contributed by atoms with van der Waals surface area (Å²) in [5, 5.41) is 7.32. The van der Waals surface area contributed by atoms with Crippen molar-refractivity contribution in [3.05, 3.63) is 29.8 Å². The lowest BCUT2D eigenvalue weighted by atomic mass is 9.88. The minimum atomic E-state index is 0.190. The van der Waals surface area contributed by atoms with Crippen molar-refractivity contribution in [2.24, 2.45) is 5.41 Å². The molecule has 1 rings (SSSR count). The highest BCUT2D eigenvalue weighted by atomic mass is 32.1. The fourth-order valence-electron chi connectivity index (χ4n) is 1.52. The Hall–Kier alpha value is -1.09. The molecule has 1 aromatic carbocycles. The van der Waals surface area contributed by atoms with Crippen molar-refractivity contribution >= 4 is 23.0 Å². The van der Waals surface area contributed by atoms with Gasteiger partial charge in [-0.25, -0.2) is 0 Å². The standard InChI is InChI=1S/C15H24N2S/c1-6-12-9-7-8-10-13(12)17-14(18)16-11(2)15(3,4)5/h7-11H,6H2,1-5H3,(H2,16,17,18). The van der Waals surface area contributed by atoms with Crippen LogP contribution in [0.5, 0.6) is 0 Å². The van der Waals surface area contributed by atoms with Gasteiger partial charge in [-0.05, 0) is 42.6 Å². The molecule has 0 spiro atoms. The number of thiocarbonyl (C=S) groups is 1. The van der Waals surface area contributed by atoms with Gasteiger partial charge in [-0.1, -0.05) is 45.9 Å². The van der Waals surface area contributed by atoms with Crippen LogP contribution in [0.1, 0.15) is 40.2 Å². The first-order chi connectivity index (χ1) is 8.34. The van der Waals surface area contributed by atoms with Crippen molar-refractivity contribution < 1.29 is 0 Å². The van der Waals surface area contributed by atoms with Gasteiger partial charge < -0.3 is 10.6 Å². The van der Waals surface area contributed by atoms with Crippen molar-refractivity contribution in [1.82, 2.24) is 5.32 Å². The van der Waals surface area contributed by atoms with Gasteiger partial charge in [0.05, 0.1) is 0 Å². The average molecular weight is 264 g/mol. The molecule has 0 saturated carbocycles. The Morgan fingerprint density at radius 3 is 2.44 bits per heavy atom. The molecule has 0 aromatic heterocycles. The summed E-state index contributed by atoms with van der Waals surface area (Å²) in [5.74, 6) is 0. The highest BCUT2D eigenvalue weighted by Crippen LogP contribution is 2.19. The van der Waals surface area contributed by atoms with E-state index in [-0.39, 0.29) is 5.41 Å². The van der Waals surface area contributed by atoms with Gasteiger partial charge in [0.2, 0.25) is 0 Å². The molecule has 0 amide bonds. The molecule has 1 unspecified atom stereocenters. The Morgan fingerprint density at radius 2 is 1.89 bits per heavy atom. The number of anilines is 1. The van der Waals surface area contributed by atoms with Crippen LogP contribution < -0.4 is 10.6 Å². The summed E-state index contributed by atoms with van der Waals surface area (Å²) in [4.78, 5) is 0. The molecule has 0 aliphatic carbocycles. The van der Waals surface area contributed by atoms with Crippen molar-refractivity contribution in [3.63, 3.8) is 0 Å². The van der Waals surface area contributed by atoms with E-state index in [1.54, 1.807) is 0 Å². The molecule has 1 aromatic rings. The number of hydrogen-bond acceptors (Lipinski definition) is 1. The molecule has 2 nitrogen and oxygen atoms in total. The first-order valence-corrected chi connectivity index (χ1v) is 6.91. The maximum Gasteiger partial charge on any atom is 0.171 e. The molecule has 0 saturated heterocycles. The van der Waals surface area contributed by atoms with Crippen molar-refractivity contribution in [1.29, 1.82) is 0 Å². The highest BCUT2D eigenvalue weighted by molar-refractivity contribution is 7.80. The molecule has 18 heavy (non-hydrogen) atoms. The Morgan fingerprint density at radius 1 is 1.28 bits per heavy atom. The highest BCUT2D eigenvalue weighted by Gasteiger charge is 2.20. The lowest BCUT2D eigenvalue weighted by Crippen LogP contribution is -2.43. The van der Waals surface area contributed by atoms with Crippen molar-refractivity contribution in [2.45, 2.75) is 47.1 Å². The Balaban J connectivity index is 2.65. The quantitative estimate of drug-likeness (QED) is 0.808. The number of para-hydroxylation sites is 1. The SMILES string of the molecule is CCc1ccccc1NC(=S)NC(C)C(C)(C)C. The van der Waals surface area contributed by atoms with Crippen LogP contribution in [0.2, 0.25) is 0 Å². The second kappa shape index (κ2) is 6.19. The van der Waals surface area contributed by atoms with Gasteiger partial charge in [0, 0.05) is 11.7 Å². The summed E-state index contributed by atoms with van der Waals surface area (Å²) < 4.78 is 0. The fourth-order valence-corrected chi connectivity index (χ4v) is 1.81. The average Bonchev–Trinajstić information content (AvgIpc) is 2.28. The summed E-state index contributed by atoms with van der Waals surface area (Å²) in [6.07, 6.45) is 1.00. The molecular weight excluding hydrogens is 240 g/mol. The number of aryl methyl sites for hydroxylation is 1.